The average molecular weight is 454 g/mol. The number of rotatable bonds is 7. The van der Waals surface area contributed by atoms with Gasteiger partial charge in [0.05, 0.1) is 7.11 Å². The van der Waals surface area contributed by atoms with Crippen LogP contribution in [0.25, 0.3) is 0 Å². The van der Waals surface area contributed by atoms with Gasteiger partial charge in [0.2, 0.25) is 0 Å². The fourth-order valence-electron chi connectivity index (χ4n) is 2.14. The van der Waals surface area contributed by atoms with E-state index in [0.29, 0.717) is 11.4 Å². The van der Waals surface area contributed by atoms with Crippen LogP contribution in [-0.4, -0.2) is 37.8 Å². The van der Waals surface area contributed by atoms with E-state index < -0.39 is 25.6 Å². The van der Waals surface area contributed by atoms with Crippen molar-refractivity contribution in [3.05, 3.63) is 42.5 Å². The molecule has 5 nitrogen and oxygen atoms in total. The predicted molar refractivity (Wildman–Crippen MR) is 102 cm³/mol. The molecule has 0 saturated heterocycles. The number of halogens is 6. The second-order valence-corrected chi connectivity index (χ2v) is 6.22. The molecule has 0 aliphatic carbocycles. The van der Waals surface area contributed by atoms with Crippen molar-refractivity contribution in [1.82, 2.24) is 0 Å². The van der Waals surface area contributed by atoms with Crippen LogP contribution in [0.4, 0.5) is 37.7 Å². The fraction of sp³-hybridized carbons (Fsp3) is 0.278. The minimum absolute atomic E-state index is 0.0259. The van der Waals surface area contributed by atoms with Crippen molar-refractivity contribution in [2.75, 3.05) is 31.0 Å². The summed E-state index contributed by atoms with van der Waals surface area (Å²) >= 11 is 5.13. The number of benzene rings is 2. The summed E-state index contributed by atoms with van der Waals surface area (Å²) < 4.78 is 88.7. The van der Waals surface area contributed by atoms with Crippen molar-refractivity contribution in [2.24, 2.45) is 0 Å². The maximum atomic E-state index is 12.4. The Labute approximate surface area is 172 Å². The third-order valence-corrected chi connectivity index (χ3v) is 3.47. The highest BCUT2D eigenvalue weighted by Crippen LogP contribution is 2.29. The molecule has 164 valence electrons. The molecule has 0 aliphatic heterocycles. The normalized spacial score (nSPS) is 11.6. The zero-order valence-electron chi connectivity index (χ0n) is 15.4. The van der Waals surface area contributed by atoms with Gasteiger partial charge in [-0.3, -0.25) is 0 Å². The predicted octanol–water partition coefficient (Wildman–Crippen LogP) is 5.39. The first kappa shape index (κ1) is 23.4. The van der Waals surface area contributed by atoms with Crippen LogP contribution in [0.2, 0.25) is 0 Å². The van der Waals surface area contributed by atoms with E-state index in [2.05, 4.69) is 20.1 Å². The van der Waals surface area contributed by atoms with Crippen LogP contribution in [0.15, 0.2) is 42.5 Å². The first-order chi connectivity index (χ1) is 13.9. The highest BCUT2D eigenvalue weighted by molar-refractivity contribution is 7.80. The molecule has 30 heavy (non-hydrogen) atoms. The number of ether oxygens (including phenoxy) is 3. The van der Waals surface area contributed by atoms with Gasteiger partial charge in [-0.25, -0.2) is 0 Å². The molecule has 2 N–H and O–H groups in total. The Morgan fingerprint density at radius 2 is 1.30 bits per heavy atom. The first-order valence-electron chi connectivity index (χ1n) is 8.20. The van der Waals surface area contributed by atoms with Crippen LogP contribution in [0.3, 0.4) is 0 Å². The topological polar surface area (TPSA) is 51.8 Å². The Morgan fingerprint density at radius 1 is 0.800 bits per heavy atom. The molecule has 0 amide bonds. The number of hydrogen-bond acceptors (Lipinski definition) is 4. The monoisotopic (exact) mass is 454 g/mol. The molecule has 0 aliphatic rings. The second-order valence-electron chi connectivity index (χ2n) is 5.81. The molecular formula is C18H16F6N2O3S. The van der Waals surface area contributed by atoms with E-state index in [-0.39, 0.29) is 22.3 Å². The molecule has 0 spiro atoms. The van der Waals surface area contributed by atoms with Gasteiger partial charge < -0.3 is 24.8 Å². The number of nitrogens with one attached hydrogen (secondary N) is 2. The molecule has 0 bridgehead atoms. The SMILES string of the molecule is COc1cccc(NC(=S)Nc2cc(OCC(F)(F)F)cc(OCC(F)(F)F)c2)c1. The first-order valence-corrected chi connectivity index (χ1v) is 8.60. The van der Waals surface area contributed by atoms with Crippen LogP contribution in [0.1, 0.15) is 0 Å². The quantitative estimate of drug-likeness (QED) is 0.433. The maximum absolute atomic E-state index is 12.4. The smallest absolute Gasteiger partial charge is 0.422 e. The Bertz CT molecular complexity index is 837. The summed E-state index contributed by atoms with van der Waals surface area (Å²) in [5.41, 5.74) is 0.608. The molecule has 0 radical (unpaired) electrons. The van der Waals surface area contributed by atoms with E-state index in [1.807, 2.05) is 0 Å². The third kappa shape index (κ3) is 8.64. The van der Waals surface area contributed by atoms with E-state index in [1.165, 1.54) is 7.11 Å². The van der Waals surface area contributed by atoms with Gasteiger partial charge in [0.15, 0.2) is 18.3 Å². The van der Waals surface area contributed by atoms with Crippen LogP contribution in [0.5, 0.6) is 17.2 Å². The summed E-state index contributed by atoms with van der Waals surface area (Å²) in [6.45, 7) is -3.25. The highest BCUT2D eigenvalue weighted by atomic mass is 32.1. The van der Waals surface area contributed by atoms with E-state index in [9.17, 15) is 26.3 Å². The standard InChI is InChI=1S/C18H16F6N2O3S/c1-27-13-4-2-3-11(5-13)25-16(30)26-12-6-14(28-9-17(19,20)21)8-15(7-12)29-10-18(22,23)24/h2-8H,9-10H2,1H3,(H2,25,26,30). The van der Waals surface area contributed by atoms with Crippen LogP contribution < -0.4 is 24.8 Å². The maximum Gasteiger partial charge on any atom is 0.422 e. The van der Waals surface area contributed by atoms with Gasteiger partial charge >= 0.3 is 12.4 Å². The van der Waals surface area contributed by atoms with Crippen molar-refractivity contribution >= 4 is 28.7 Å². The van der Waals surface area contributed by atoms with Crippen molar-refractivity contribution in [2.45, 2.75) is 12.4 Å². The molecule has 0 aromatic heterocycles. The summed E-state index contributed by atoms with van der Waals surface area (Å²) in [6, 6.07) is 9.91. The number of methoxy groups -OCH3 is 1. The third-order valence-electron chi connectivity index (χ3n) is 3.27. The Morgan fingerprint density at radius 3 is 1.80 bits per heavy atom. The lowest BCUT2D eigenvalue weighted by Crippen LogP contribution is -2.21. The summed E-state index contributed by atoms with van der Waals surface area (Å²) in [5, 5.41) is 5.50. The van der Waals surface area contributed by atoms with Gasteiger partial charge in [0.1, 0.15) is 17.2 Å². The summed E-state index contributed by atoms with van der Waals surface area (Å²) in [4.78, 5) is 0. The van der Waals surface area contributed by atoms with E-state index in [1.54, 1.807) is 24.3 Å². The lowest BCUT2D eigenvalue weighted by atomic mass is 10.2. The lowest BCUT2D eigenvalue weighted by Gasteiger charge is -2.16. The number of alkyl halides is 6. The zero-order chi connectivity index (χ0) is 22.4. The second kappa shape index (κ2) is 9.74. The number of thiocarbonyl (C=S) groups is 1. The summed E-state index contributed by atoms with van der Waals surface area (Å²) in [7, 11) is 1.48. The van der Waals surface area contributed by atoms with Crippen molar-refractivity contribution in [1.29, 1.82) is 0 Å². The molecule has 2 aromatic rings. The minimum atomic E-state index is -4.63. The van der Waals surface area contributed by atoms with Gasteiger partial charge in [0.25, 0.3) is 0 Å². The largest absolute Gasteiger partial charge is 0.497 e. The molecule has 0 saturated carbocycles. The van der Waals surface area contributed by atoms with Crippen LogP contribution >= 0.6 is 12.2 Å². The molecule has 0 heterocycles. The molecule has 2 aromatic carbocycles. The van der Waals surface area contributed by atoms with E-state index >= 15 is 0 Å². The van der Waals surface area contributed by atoms with Crippen molar-refractivity contribution in [3.8, 4) is 17.2 Å². The molecule has 0 unspecified atom stereocenters. The van der Waals surface area contributed by atoms with Gasteiger partial charge in [0, 0.05) is 35.6 Å². The van der Waals surface area contributed by atoms with Gasteiger partial charge in [-0.15, -0.1) is 0 Å². The fourth-order valence-corrected chi connectivity index (χ4v) is 2.37. The van der Waals surface area contributed by atoms with Gasteiger partial charge in [-0.05, 0) is 24.4 Å². The zero-order valence-corrected chi connectivity index (χ0v) is 16.2. The summed E-state index contributed by atoms with van der Waals surface area (Å²) in [6.07, 6.45) is -9.25. The summed E-state index contributed by atoms with van der Waals surface area (Å²) in [5.74, 6) is -0.148. The Kier molecular flexibility index (Phi) is 7.59. The molecular weight excluding hydrogens is 438 g/mol. The van der Waals surface area contributed by atoms with Gasteiger partial charge in [-0.1, -0.05) is 6.07 Å². The number of hydrogen-bond donors (Lipinski definition) is 2. The van der Waals surface area contributed by atoms with Crippen LogP contribution in [0, 0.1) is 0 Å². The molecule has 0 atom stereocenters. The molecule has 2 rings (SSSR count). The van der Waals surface area contributed by atoms with E-state index in [0.717, 1.165) is 18.2 Å². The van der Waals surface area contributed by atoms with Crippen molar-refractivity contribution in [3.63, 3.8) is 0 Å². The lowest BCUT2D eigenvalue weighted by molar-refractivity contribution is -0.153. The average Bonchev–Trinajstić information content (AvgIpc) is 2.63. The molecule has 12 heteroatoms. The van der Waals surface area contributed by atoms with Gasteiger partial charge in [-0.2, -0.15) is 26.3 Å². The van der Waals surface area contributed by atoms with Crippen LogP contribution in [-0.2, 0) is 0 Å². The Balaban J connectivity index is 2.15. The number of anilines is 2. The van der Waals surface area contributed by atoms with Crippen molar-refractivity contribution < 1.29 is 40.6 Å². The highest BCUT2D eigenvalue weighted by Gasteiger charge is 2.30. The minimum Gasteiger partial charge on any atom is -0.497 e. The van der Waals surface area contributed by atoms with E-state index in [4.69, 9.17) is 17.0 Å². The Hall–Kier alpha value is -2.89. The molecule has 0 fully saturated rings.